The molecule has 2 aliphatic rings. The molecule has 0 spiro atoms. The van der Waals surface area contributed by atoms with E-state index < -0.39 is 0 Å². The number of hydrogen-bond acceptors (Lipinski definition) is 4. The summed E-state index contributed by atoms with van der Waals surface area (Å²) in [5, 5.41) is 9.82. The molecular weight excluding hydrogens is 228 g/mol. The van der Waals surface area contributed by atoms with E-state index in [1.54, 1.807) is 0 Å². The molecule has 2 aliphatic heterocycles. The number of nitrogens with zero attached hydrogens (tertiary/aromatic N) is 2. The summed E-state index contributed by atoms with van der Waals surface area (Å²) in [5.41, 5.74) is 1.76. The Morgan fingerprint density at radius 3 is 2.61 bits per heavy atom. The second-order valence-corrected chi connectivity index (χ2v) is 5.38. The van der Waals surface area contributed by atoms with Gasteiger partial charge in [0.05, 0.1) is 6.10 Å². The lowest BCUT2D eigenvalue weighted by molar-refractivity contribution is 0.124. The average molecular weight is 244 g/mol. The van der Waals surface area contributed by atoms with Crippen molar-refractivity contribution in [2.45, 2.75) is 43.9 Å². The third kappa shape index (κ3) is 1.45. The van der Waals surface area contributed by atoms with Gasteiger partial charge in [-0.25, -0.2) is 0 Å². The van der Waals surface area contributed by atoms with Gasteiger partial charge in [0, 0.05) is 12.1 Å². The van der Waals surface area contributed by atoms with Crippen LogP contribution >= 0.6 is 0 Å². The van der Waals surface area contributed by atoms with Crippen LogP contribution in [0.15, 0.2) is 28.7 Å². The Kier molecular flexibility index (Phi) is 2.14. The number of rotatable bonds is 1. The van der Waals surface area contributed by atoms with E-state index in [0.717, 1.165) is 42.8 Å². The first-order chi connectivity index (χ1) is 8.81. The van der Waals surface area contributed by atoms with Crippen molar-refractivity contribution in [1.29, 1.82) is 0 Å². The van der Waals surface area contributed by atoms with Crippen molar-refractivity contribution in [1.82, 2.24) is 4.98 Å². The molecule has 3 atom stereocenters. The van der Waals surface area contributed by atoms with Crippen LogP contribution in [0.25, 0.3) is 11.1 Å². The van der Waals surface area contributed by atoms with Crippen LogP contribution in [0.2, 0.25) is 0 Å². The Hall–Kier alpha value is -1.55. The number of aliphatic hydroxyl groups excluding tert-OH is 1. The molecule has 3 heterocycles. The highest BCUT2D eigenvalue weighted by Crippen LogP contribution is 2.39. The Morgan fingerprint density at radius 1 is 1.17 bits per heavy atom. The molecule has 2 bridgehead atoms. The third-order valence-electron chi connectivity index (χ3n) is 4.21. The highest BCUT2D eigenvalue weighted by molar-refractivity contribution is 5.74. The second-order valence-electron chi connectivity index (χ2n) is 5.38. The molecule has 1 unspecified atom stereocenters. The molecule has 94 valence electrons. The molecule has 4 heteroatoms. The first kappa shape index (κ1) is 10.4. The zero-order chi connectivity index (χ0) is 12.1. The molecule has 2 saturated heterocycles. The SMILES string of the molecule is OC1C[C@H]2CC[C@@H](C1)N2c1nc2ccccc2o1. The summed E-state index contributed by atoms with van der Waals surface area (Å²) in [5.74, 6) is 0. The zero-order valence-electron chi connectivity index (χ0n) is 10.1. The molecule has 0 amide bonds. The second kappa shape index (κ2) is 3.72. The highest BCUT2D eigenvalue weighted by atomic mass is 16.4. The van der Waals surface area contributed by atoms with E-state index >= 15 is 0 Å². The van der Waals surface area contributed by atoms with Crippen molar-refractivity contribution in [2.24, 2.45) is 0 Å². The Morgan fingerprint density at radius 2 is 1.89 bits per heavy atom. The highest BCUT2D eigenvalue weighted by Gasteiger charge is 2.42. The molecule has 0 radical (unpaired) electrons. The van der Waals surface area contributed by atoms with Crippen LogP contribution in [0.1, 0.15) is 25.7 Å². The predicted octanol–water partition coefficient (Wildman–Crippen LogP) is 2.32. The lowest BCUT2D eigenvalue weighted by Gasteiger charge is -2.35. The summed E-state index contributed by atoms with van der Waals surface area (Å²) < 4.78 is 5.86. The normalized spacial score (nSPS) is 31.2. The van der Waals surface area contributed by atoms with Crippen LogP contribution in [-0.2, 0) is 0 Å². The maximum Gasteiger partial charge on any atom is 0.298 e. The standard InChI is InChI=1S/C14H16N2O2/c17-11-7-9-5-6-10(8-11)16(9)14-15-12-3-1-2-4-13(12)18-14/h1-4,9-11,17H,5-8H2/t9-,10+,11?. The minimum atomic E-state index is -0.150. The summed E-state index contributed by atoms with van der Waals surface area (Å²) in [6.07, 6.45) is 3.81. The van der Waals surface area contributed by atoms with Gasteiger partial charge in [-0.2, -0.15) is 4.98 Å². The first-order valence-electron chi connectivity index (χ1n) is 6.63. The quantitative estimate of drug-likeness (QED) is 0.836. The molecule has 1 N–H and O–H groups in total. The van der Waals surface area contributed by atoms with Crippen molar-refractivity contribution in [3.8, 4) is 0 Å². The van der Waals surface area contributed by atoms with Crippen molar-refractivity contribution in [2.75, 3.05) is 4.90 Å². The molecular formula is C14H16N2O2. The van der Waals surface area contributed by atoms with Gasteiger partial charge < -0.3 is 14.4 Å². The van der Waals surface area contributed by atoms with Crippen LogP contribution in [0.3, 0.4) is 0 Å². The van der Waals surface area contributed by atoms with Crippen molar-refractivity contribution >= 4 is 17.1 Å². The van der Waals surface area contributed by atoms with Gasteiger partial charge in [-0.3, -0.25) is 0 Å². The number of hydrogen-bond donors (Lipinski definition) is 1. The molecule has 0 aliphatic carbocycles. The Balaban J connectivity index is 1.74. The molecule has 2 aromatic rings. The molecule has 0 saturated carbocycles. The molecule has 1 aromatic carbocycles. The van der Waals surface area contributed by atoms with Crippen molar-refractivity contribution < 1.29 is 9.52 Å². The summed E-state index contributed by atoms with van der Waals surface area (Å²) in [6, 6.07) is 9.39. The number of oxazole rings is 1. The van der Waals surface area contributed by atoms with Gasteiger partial charge >= 0.3 is 0 Å². The number of aromatic nitrogens is 1. The summed E-state index contributed by atoms with van der Waals surface area (Å²) in [4.78, 5) is 6.86. The van der Waals surface area contributed by atoms with Crippen LogP contribution < -0.4 is 4.90 Å². The molecule has 4 rings (SSSR count). The lowest BCUT2D eigenvalue weighted by atomic mass is 10.0. The van der Waals surface area contributed by atoms with Gasteiger partial charge in [-0.05, 0) is 37.8 Å². The predicted molar refractivity (Wildman–Crippen MR) is 68.5 cm³/mol. The number of aliphatic hydroxyl groups is 1. The number of piperidine rings is 1. The van der Waals surface area contributed by atoms with E-state index in [2.05, 4.69) is 9.88 Å². The fraction of sp³-hybridized carbons (Fsp3) is 0.500. The van der Waals surface area contributed by atoms with E-state index in [-0.39, 0.29) is 6.10 Å². The monoisotopic (exact) mass is 244 g/mol. The van der Waals surface area contributed by atoms with Gasteiger partial charge in [-0.1, -0.05) is 12.1 Å². The van der Waals surface area contributed by atoms with Crippen LogP contribution in [0.4, 0.5) is 6.01 Å². The van der Waals surface area contributed by atoms with Gasteiger partial charge in [0.1, 0.15) is 5.52 Å². The number of anilines is 1. The maximum atomic E-state index is 9.82. The van der Waals surface area contributed by atoms with E-state index in [0.29, 0.717) is 12.1 Å². The Bertz CT molecular complexity index is 533. The summed E-state index contributed by atoms with van der Waals surface area (Å²) in [7, 11) is 0. The molecule has 1 aromatic heterocycles. The molecule has 2 fully saturated rings. The Labute approximate surface area is 105 Å². The maximum absolute atomic E-state index is 9.82. The zero-order valence-corrected chi connectivity index (χ0v) is 10.1. The van der Waals surface area contributed by atoms with Crippen LogP contribution in [0, 0.1) is 0 Å². The van der Waals surface area contributed by atoms with E-state index in [9.17, 15) is 5.11 Å². The van der Waals surface area contributed by atoms with Crippen molar-refractivity contribution in [3.05, 3.63) is 24.3 Å². The van der Waals surface area contributed by atoms with E-state index in [1.165, 1.54) is 0 Å². The largest absolute Gasteiger partial charge is 0.423 e. The topological polar surface area (TPSA) is 49.5 Å². The third-order valence-corrected chi connectivity index (χ3v) is 4.21. The van der Waals surface area contributed by atoms with Gasteiger partial charge in [0.25, 0.3) is 6.01 Å². The van der Waals surface area contributed by atoms with Gasteiger partial charge in [-0.15, -0.1) is 0 Å². The fourth-order valence-electron chi connectivity index (χ4n) is 3.43. The lowest BCUT2D eigenvalue weighted by Crippen LogP contribution is -2.44. The minimum absolute atomic E-state index is 0.150. The van der Waals surface area contributed by atoms with Crippen LogP contribution in [-0.4, -0.2) is 28.3 Å². The number of para-hydroxylation sites is 2. The van der Waals surface area contributed by atoms with Crippen molar-refractivity contribution in [3.63, 3.8) is 0 Å². The van der Waals surface area contributed by atoms with Gasteiger partial charge in [0.15, 0.2) is 5.58 Å². The fourth-order valence-corrected chi connectivity index (χ4v) is 3.43. The molecule has 4 nitrogen and oxygen atoms in total. The first-order valence-corrected chi connectivity index (χ1v) is 6.63. The average Bonchev–Trinajstić information content (AvgIpc) is 2.88. The minimum Gasteiger partial charge on any atom is -0.423 e. The number of benzene rings is 1. The summed E-state index contributed by atoms with van der Waals surface area (Å²) in [6.45, 7) is 0. The van der Waals surface area contributed by atoms with Crippen LogP contribution in [0.5, 0.6) is 0 Å². The summed E-state index contributed by atoms with van der Waals surface area (Å²) >= 11 is 0. The smallest absolute Gasteiger partial charge is 0.298 e. The molecule has 18 heavy (non-hydrogen) atoms. The van der Waals surface area contributed by atoms with Gasteiger partial charge in [0.2, 0.25) is 0 Å². The van der Waals surface area contributed by atoms with E-state index in [1.807, 2.05) is 24.3 Å². The van der Waals surface area contributed by atoms with E-state index in [4.69, 9.17) is 4.42 Å². The number of fused-ring (bicyclic) bond motifs is 3.